The summed E-state index contributed by atoms with van der Waals surface area (Å²) in [5, 5.41) is 12.1. The standard InChI is InChI=1S/C28H28F7NO3/c1-26(2,3)19-9-6-11-21(15-19)38-20-10-4-7-17(13-20)24(36-16-23(37)27(31,32)33)18-8-5-12-22(14-18)39-28(34,35)25(29)30/h4-15,23-25,36-37H,16H2,1-3H3. The third kappa shape index (κ3) is 8.34. The van der Waals surface area contributed by atoms with E-state index in [1.54, 1.807) is 24.3 Å². The van der Waals surface area contributed by atoms with Crippen molar-refractivity contribution in [3.63, 3.8) is 0 Å². The molecule has 11 heteroatoms. The van der Waals surface area contributed by atoms with Crippen LogP contribution >= 0.6 is 0 Å². The molecule has 2 atom stereocenters. The maximum atomic E-state index is 13.5. The van der Waals surface area contributed by atoms with Gasteiger partial charge in [-0.3, -0.25) is 0 Å². The number of hydrogen-bond acceptors (Lipinski definition) is 4. The SMILES string of the molecule is CC(C)(C)c1cccc(Oc2cccc(C(NCC(O)C(F)(F)F)c3cccc(OC(F)(F)C(F)F)c3)c2)c1. The van der Waals surface area contributed by atoms with E-state index in [1.807, 2.05) is 39.0 Å². The summed E-state index contributed by atoms with van der Waals surface area (Å²) in [5.41, 5.74) is 1.34. The molecule has 4 nitrogen and oxygen atoms in total. The largest absolute Gasteiger partial charge is 0.461 e. The highest BCUT2D eigenvalue weighted by Gasteiger charge is 2.44. The first-order valence-corrected chi connectivity index (χ1v) is 11.9. The number of aliphatic hydroxyl groups excluding tert-OH is 1. The van der Waals surface area contributed by atoms with Crippen LogP contribution in [0.25, 0.3) is 0 Å². The molecular formula is C28H28F7NO3. The van der Waals surface area contributed by atoms with Gasteiger partial charge in [-0.1, -0.05) is 57.2 Å². The number of hydrogen-bond donors (Lipinski definition) is 2. The Hall–Kier alpha value is -3.31. The summed E-state index contributed by atoms with van der Waals surface area (Å²) in [6.45, 7) is 5.17. The van der Waals surface area contributed by atoms with E-state index in [2.05, 4.69) is 10.1 Å². The van der Waals surface area contributed by atoms with Crippen LogP contribution in [0.3, 0.4) is 0 Å². The zero-order valence-electron chi connectivity index (χ0n) is 21.3. The van der Waals surface area contributed by atoms with Gasteiger partial charge in [0, 0.05) is 6.54 Å². The van der Waals surface area contributed by atoms with Crippen LogP contribution in [0.15, 0.2) is 72.8 Å². The molecule has 0 saturated carbocycles. The monoisotopic (exact) mass is 559 g/mol. The Kier molecular flexibility index (Phi) is 9.17. The average Bonchev–Trinajstić information content (AvgIpc) is 2.83. The highest BCUT2D eigenvalue weighted by Crippen LogP contribution is 2.34. The van der Waals surface area contributed by atoms with Crippen LogP contribution in [-0.4, -0.2) is 36.5 Å². The Morgan fingerprint density at radius 3 is 1.82 bits per heavy atom. The Balaban J connectivity index is 1.95. The van der Waals surface area contributed by atoms with Gasteiger partial charge in [-0.25, -0.2) is 0 Å². The summed E-state index contributed by atoms with van der Waals surface area (Å²) in [6.07, 6.45) is -16.5. The maximum Gasteiger partial charge on any atom is 0.461 e. The molecule has 0 amide bonds. The molecule has 0 bridgehead atoms. The zero-order chi connectivity index (χ0) is 29.0. The van der Waals surface area contributed by atoms with Gasteiger partial charge < -0.3 is 19.9 Å². The second-order valence-corrected chi connectivity index (χ2v) is 9.89. The number of aliphatic hydroxyl groups is 1. The van der Waals surface area contributed by atoms with Crippen LogP contribution in [0, 0.1) is 0 Å². The molecule has 3 aromatic carbocycles. The van der Waals surface area contributed by atoms with Gasteiger partial charge in [-0.05, 0) is 58.5 Å². The lowest BCUT2D eigenvalue weighted by molar-refractivity contribution is -0.253. The number of ether oxygens (including phenoxy) is 2. The smallest absolute Gasteiger partial charge is 0.457 e. The zero-order valence-corrected chi connectivity index (χ0v) is 21.3. The highest BCUT2D eigenvalue weighted by atomic mass is 19.4. The van der Waals surface area contributed by atoms with Crippen LogP contribution in [-0.2, 0) is 5.41 Å². The molecular weight excluding hydrogens is 531 g/mol. The van der Waals surface area contributed by atoms with Gasteiger partial charge in [0.2, 0.25) is 0 Å². The molecule has 39 heavy (non-hydrogen) atoms. The van der Waals surface area contributed by atoms with E-state index < -0.39 is 43.2 Å². The Labute approximate surface area is 221 Å². The second kappa shape index (κ2) is 11.8. The quantitative estimate of drug-likeness (QED) is 0.251. The molecule has 0 aliphatic rings. The third-order valence-electron chi connectivity index (χ3n) is 5.72. The fourth-order valence-corrected chi connectivity index (χ4v) is 3.65. The van der Waals surface area contributed by atoms with Crippen molar-refractivity contribution in [3.05, 3.63) is 89.5 Å². The number of alkyl halides is 7. The first kappa shape index (κ1) is 30.2. The molecule has 3 rings (SSSR count). The molecule has 0 heterocycles. The van der Waals surface area contributed by atoms with Crippen LogP contribution in [0.2, 0.25) is 0 Å². The van der Waals surface area contributed by atoms with Crippen LogP contribution < -0.4 is 14.8 Å². The molecule has 2 N–H and O–H groups in total. The fourth-order valence-electron chi connectivity index (χ4n) is 3.65. The van der Waals surface area contributed by atoms with E-state index in [9.17, 15) is 35.8 Å². The van der Waals surface area contributed by atoms with E-state index in [0.29, 0.717) is 17.1 Å². The minimum atomic E-state index is -4.91. The minimum Gasteiger partial charge on any atom is -0.457 e. The van der Waals surface area contributed by atoms with E-state index in [1.165, 1.54) is 18.2 Å². The normalized spacial score (nSPS) is 14.3. The summed E-state index contributed by atoms with van der Waals surface area (Å²) < 4.78 is 101. The van der Waals surface area contributed by atoms with Gasteiger partial charge in [-0.2, -0.15) is 30.7 Å². The van der Waals surface area contributed by atoms with Crippen LogP contribution in [0.4, 0.5) is 30.7 Å². The highest BCUT2D eigenvalue weighted by molar-refractivity contribution is 5.42. The fraction of sp³-hybridized carbons (Fsp3) is 0.357. The molecule has 0 fully saturated rings. The number of benzene rings is 3. The summed E-state index contributed by atoms with van der Waals surface area (Å²) in [5.74, 6) is 0.229. The predicted octanol–water partition coefficient (Wildman–Crippen LogP) is 7.62. The van der Waals surface area contributed by atoms with Gasteiger partial charge in [-0.15, -0.1) is 0 Å². The molecule has 0 radical (unpaired) electrons. The molecule has 0 aliphatic heterocycles. The molecule has 0 saturated heterocycles. The number of nitrogens with one attached hydrogen (secondary N) is 1. The summed E-state index contributed by atoms with van der Waals surface area (Å²) >= 11 is 0. The predicted molar refractivity (Wildman–Crippen MR) is 132 cm³/mol. The molecule has 212 valence electrons. The second-order valence-electron chi connectivity index (χ2n) is 9.89. The van der Waals surface area contributed by atoms with Crippen molar-refractivity contribution in [2.75, 3.05) is 6.54 Å². The lowest BCUT2D eigenvalue weighted by Crippen LogP contribution is -2.40. The summed E-state index contributed by atoms with van der Waals surface area (Å²) in [4.78, 5) is 0. The Morgan fingerprint density at radius 2 is 1.28 bits per heavy atom. The van der Waals surface area contributed by atoms with E-state index in [0.717, 1.165) is 17.7 Å². The molecule has 0 aromatic heterocycles. The van der Waals surface area contributed by atoms with Crippen molar-refractivity contribution in [2.45, 2.75) is 57.0 Å². The Bertz CT molecular complexity index is 1240. The van der Waals surface area contributed by atoms with Crippen molar-refractivity contribution in [1.29, 1.82) is 0 Å². The maximum absolute atomic E-state index is 13.5. The van der Waals surface area contributed by atoms with E-state index >= 15 is 0 Å². The van der Waals surface area contributed by atoms with Crippen molar-refractivity contribution in [1.82, 2.24) is 5.32 Å². The van der Waals surface area contributed by atoms with Crippen molar-refractivity contribution in [3.8, 4) is 17.2 Å². The van der Waals surface area contributed by atoms with Crippen molar-refractivity contribution < 1.29 is 45.3 Å². The van der Waals surface area contributed by atoms with Gasteiger partial charge in [0.1, 0.15) is 17.2 Å². The first-order valence-electron chi connectivity index (χ1n) is 11.9. The molecule has 0 aliphatic carbocycles. The Morgan fingerprint density at radius 1 is 0.769 bits per heavy atom. The minimum absolute atomic E-state index is 0.124. The van der Waals surface area contributed by atoms with Gasteiger partial charge in [0.25, 0.3) is 0 Å². The van der Waals surface area contributed by atoms with Gasteiger partial charge in [0.05, 0.1) is 6.04 Å². The lowest BCUT2D eigenvalue weighted by atomic mass is 9.87. The third-order valence-corrected chi connectivity index (χ3v) is 5.72. The average molecular weight is 560 g/mol. The number of halogens is 7. The van der Waals surface area contributed by atoms with Crippen molar-refractivity contribution >= 4 is 0 Å². The van der Waals surface area contributed by atoms with E-state index in [-0.39, 0.29) is 11.0 Å². The van der Waals surface area contributed by atoms with E-state index in [4.69, 9.17) is 4.74 Å². The molecule has 3 aromatic rings. The first-order chi connectivity index (χ1) is 18.1. The summed E-state index contributed by atoms with van der Waals surface area (Å²) in [7, 11) is 0. The van der Waals surface area contributed by atoms with Gasteiger partial charge >= 0.3 is 18.7 Å². The number of rotatable bonds is 10. The lowest BCUT2D eigenvalue weighted by Gasteiger charge is -2.24. The van der Waals surface area contributed by atoms with Gasteiger partial charge in [0.15, 0.2) is 6.10 Å². The summed E-state index contributed by atoms with van der Waals surface area (Å²) in [6, 6.07) is 17.2. The van der Waals surface area contributed by atoms with Crippen LogP contribution in [0.5, 0.6) is 17.2 Å². The topological polar surface area (TPSA) is 50.7 Å². The molecule has 2 unspecified atom stereocenters. The molecule has 0 spiro atoms. The van der Waals surface area contributed by atoms with Crippen molar-refractivity contribution in [2.24, 2.45) is 0 Å². The van der Waals surface area contributed by atoms with Crippen LogP contribution in [0.1, 0.15) is 43.5 Å².